The van der Waals surface area contributed by atoms with Crippen molar-refractivity contribution in [1.29, 1.82) is 0 Å². The molecule has 0 bridgehead atoms. The molecule has 0 aliphatic heterocycles. The first-order valence-corrected chi connectivity index (χ1v) is 9.35. The van der Waals surface area contributed by atoms with Gasteiger partial charge in [0.15, 0.2) is 0 Å². The second-order valence-electron chi connectivity index (χ2n) is 7.32. The van der Waals surface area contributed by atoms with Gasteiger partial charge in [-0.3, -0.25) is 4.79 Å². The predicted octanol–water partition coefficient (Wildman–Crippen LogP) is 5.57. The topological polar surface area (TPSA) is 29.1 Å². The van der Waals surface area contributed by atoms with Crippen molar-refractivity contribution in [2.45, 2.75) is 52.4 Å². The largest absolute Gasteiger partial charge is 0.326 e. The zero-order valence-electron chi connectivity index (χ0n) is 14.9. The minimum atomic E-state index is 0.203. The fraction of sp³-hybridized carbons (Fsp3) is 0.500. The monoisotopic (exact) mass is 323 g/mol. The first-order valence-electron chi connectivity index (χ1n) is 9.35. The molecule has 2 aliphatic rings. The second-order valence-corrected chi connectivity index (χ2v) is 7.32. The Morgan fingerprint density at radius 3 is 2.04 bits per heavy atom. The Kier molecular flexibility index (Phi) is 5.55. The van der Waals surface area contributed by atoms with Crippen molar-refractivity contribution in [3.63, 3.8) is 0 Å². The highest BCUT2D eigenvalue weighted by Crippen LogP contribution is 2.52. The van der Waals surface area contributed by atoms with Crippen LogP contribution in [0.15, 0.2) is 42.5 Å². The lowest BCUT2D eigenvalue weighted by atomic mass is 10.1. The average molecular weight is 323 g/mol. The SMILES string of the molecule is Cc1ccc(NC(=O)C2[C@H]3CC/C=C/CC/C=C\CC[C@@H]23)cc1C. The van der Waals surface area contributed by atoms with Crippen LogP contribution in [0.3, 0.4) is 0 Å². The number of amides is 1. The summed E-state index contributed by atoms with van der Waals surface area (Å²) in [4.78, 5) is 12.7. The number of anilines is 1. The van der Waals surface area contributed by atoms with Crippen LogP contribution in [0.5, 0.6) is 0 Å². The van der Waals surface area contributed by atoms with Crippen molar-refractivity contribution in [3.05, 3.63) is 53.6 Å². The van der Waals surface area contributed by atoms with E-state index in [4.69, 9.17) is 0 Å². The number of hydrogen-bond acceptors (Lipinski definition) is 1. The standard InChI is InChI=1S/C22H29NO/c1-16-13-14-18(15-17(16)2)23-22(24)21-19-11-9-7-5-3-4-6-8-10-12-20(19)21/h5-8,13-15,19-21H,3-4,9-12H2,1-2H3,(H,23,24)/b7-5-,8-6+/t19-,20+,21?/m1/s1. The number of benzene rings is 1. The van der Waals surface area contributed by atoms with Crippen LogP contribution in [0, 0.1) is 31.6 Å². The lowest BCUT2D eigenvalue weighted by Crippen LogP contribution is -2.15. The summed E-state index contributed by atoms with van der Waals surface area (Å²) >= 11 is 0. The second kappa shape index (κ2) is 7.83. The molecule has 1 aromatic carbocycles. The highest BCUT2D eigenvalue weighted by Gasteiger charge is 2.52. The number of hydrogen-bond donors (Lipinski definition) is 1. The van der Waals surface area contributed by atoms with Crippen LogP contribution in [0.2, 0.25) is 0 Å². The Bertz CT molecular complexity index is 619. The summed E-state index contributed by atoms with van der Waals surface area (Å²) < 4.78 is 0. The number of rotatable bonds is 2. The summed E-state index contributed by atoms with van der Waals surface area (Å²) in [7, 11) is 0. The van der Waals surface area contributed by atoms with Gasteiger partial charge in [0.1, 0.15) is 0 Å². The molecule has 0 radical (unpaired) electrons. The Morgan fingerprint density at radius 1 is 0.875 bits per heavy atom. The van der Waals surface area contributed by atoms with Crippen LogP contribution in [-0.2, 0) is 4.79 Å². The summed E-state index contributed by atoms with van der Waals surface area (Å²) in [5.41, 5.74) is 3.43. The zero-order chi connectivity index (χ0) is 16.9. The number of aryl methyl sites for hydroxylation is 2. The van der Waals surface area contributed by atoms with E-state index in [2.05, 4.69) is 55.6 Å². The van der Waals surface area contributed by atoms with Crippen LogP contribution < -0.4 is 5.32 Å². The van der Waals surface area contributed by atoms with Gasteiger partial charge in [-0.15, -0.1) is 0 Å². The van der Waals surface area contributed by atoms with E-state index in [1.165, 1.54) is 11.1 Å². The first-order chi connectivity index (χ1) is 11.7. The summed E-state index contributed by atoms with van der Waals surface area (Å²) in [5.74, 6) is 1.55. The van der Waals surface area contributed by atoms with Crippen molar-refractivity contribution in [1.82, 2.24) is 0 Å². The van der Waals surface area contributed by atoms with Gasteiger partial charge in [-0.05, 0) is 87.5 Å². The predicted molar refractivity (Wildman–Crippen MR) is 101 cm³/mol. The fourth-order valence-corrected chi connectivity index (χ4v) is 3.91. The molecule has 1 saturated carbocycles. The minimum absolute atomic E-state index is 0.203. The van der Waals surface area contributed by atoms with Crippen LogP contribution in [0.4, 0.5) is 5.69 Å². The van der Waals surface area contributed by atoms with Gasteiger partial charge >= 0.3 is 0 Å². The Morgan fingerprint density at radius 2 is 1.46 bits per heavy atom. The van der Waals surface area contributed by atoms with E-state index in [1.807, 2.05) is 6.07 Å². The molecule has 3 atom stereocenters. The molecule has 1 fully saturated rings. The third-order valence-electron chi connectivity index (χ3n) is 5.58. The van der Waals surface area contributed by atoms with Gasteiger partial charge in [0, 0.05) is 11.6 Å². The highest BCUT2D eigenvalue weighted by atomic mass is 16.2. The van der Waals surface area contributed by atoms with Crippen molar-refractivity contribution in [2.24, 2.45) is 17.8 Å². The molecule has 2 aliphatic carbocycles. The third-order valence-corrected chi connectivity index (χ3v) is 5.58. The molecule has 3 rings (SSSR count). The molecule has 1 unspecified atom stereocenters. The number of carbonyl (C=O) groups excluding carboxylic acids is 1. The van der Waals surface area contributed by atoms with Gasteiger partial charge in [0.05, 0.1) is 0 Å². The summed E-state index contributed by atoms with van der Waals surface area (Å²) in [6.45, 7) is 4.19. The minimum Gasteiger partial charge on any atom is -0.326 e. The highest BCUT2D eigenvalue weighted by molar-refractivity contribution is 5.95. The van der Waals surface area contributed by atoms with E-state index < -0.39 is 0 Å². The van der Waals surface area contributed by atoms with Gasteiger partial charge < -0.3 is 5.32 Å². The molecular weight excluding hydrogens is 294 g/mol. The van der Waals surface area contributed by atoms with E-state index in [1.54, 1.807) is 0 Å². The first kappa shape index (κ1) is 17.0. The molecule has 2 heteroatoms. The molecule has 2 nitrogen and oxygen atoms in total. The third kappa shape index (κ3) is 4.17. The van der Waals surface area contributed by atoms with Crippen molar-refractivity contribution in [3.8, 4) is 0 Å². The van der Waals surface area contributed by atoms with Gasteiger partial charge in [-0.2, -0.15) is 0 Å². The quantitative estimate of drug-likeness (QED) is 0.708. The number of fused-ring (bicyclic) bond motifs is 1. The van der Waals surface area contributed by atoms with Crippen LogP contribution in [0.25, 0.3) is 0 Å². The van der Waals surface area contributed by atoms with Gasteiger partial charge in [-0.1, -0.05) is 30.4 Å². The lowest BCUT2D eigenvalue weighted by molar-refractivity contribution is -0.117. The van der Waals surface area contributed by atoms with Crippen molar-refractivity contribution in [2.75, 3.05) is 5.32 Å². The number of allylic oxidation sites excluding steroid dienone is 4. The molecule has 1 amide bonds. The van der Waals surface area contributed by atoms with Crippen LogP contribution in [-0.4, -0.2) is 5.91 Å². The maximum Gasteiger partial charge on any atom is 0.228 e. The molecule has 0 aromatic heterocycles. The molecule has 0 saturated heterocycles. The number of carbonyl (C=O) groups is 1. The van der Waals surface area contributed by atoms with Gasteiger partial charge in [-0.25, -0.2) is 0 Å². The maximum absolute atomic E-state index is 12.7. The van der Waals surface area contributed by atoms with Crippen LogP contribution in [0.1, 0.15) is 49.7 Å². The molecular formula is C22H29NO. The fourth-order valence-electron chi connectivity index (χ4n) is 3.91. The Hall–Kier alpha value is -1.83. The molecule has 0 heterocycles. The van der Waals surface area contributed by atoms with E-state index >= 15 is 0 Å². The molecule has 1 aromatic rings. The number of nitrogens with one attached hydrogen (secondary N) is 1. The summed E-state index contributed by atoms with van der Waals surface area (Å²) in [5, 5.41) is 3.15. The zero-order valence-corrected chi connectivity index (χ0v) is 14.9. The van der Waals surface area contributed by atoms with Crippen LogP contribution >= 0.6 is 0 Å². The molecule has 128 valence electrons. The van der Waals surface area contributed by atoms with Gasteiger partial charge in [0.2, 0.25) is 5.91 Å². The average Bonchev–Trinajstić information content (AvgIpc) is 3.23. The molecule has 0 spiro atoms. The van der Waals surface area contributed by atoms with Crippen molar-refractivity contribution < 1.29 is 4.79 Å². The Labute approximate surface area is 146 Å². The van der Waals surface area contributed by atoms with Gasteiger partial charge in [0.25, 0.3) is 0 Å². The smallest absolute Gasteiger partial charge is 0.228 e. The maximum atomic E-state index is 12.7. The van der Waals surface area contributed by atoms with E-state index in [9.17, 15) is 4.79 Å². The van der Waals surface area contributed by atoms with E-state index in [0.29, 0.717) is 11.8 Å². The van der Waals surface area contributed by atoms with E-state index in [0.717, 1.165) is 44.2 Å². The molecule has 1 N–H and O–H groups in total. The van der Waals surface area contributed by atoms with Crippen molar-refractivity contribution >= 4 is 11.6 Å². The lowest BCUT2D eigenvalue weighted by Gasteiger charge is -2.07. The molecule has 24 heavy (non-hydrogen) atoms. The Balaban J connectivity index is 1.62. The normalized spacial score (nSPS) is 29.5. The summed E-state index contributed by atoms with van der Waals surface area (Å²) in [6, 6.07) is 6.17. The summed E-state index contributed by atoms with van der Waals surface area (Å²) in [6.07, 6.45) is 16.0. The van der Waals surface area contributed by atoms with E-state index in [-0.39, 0.29) is 11.8 Å².